The first-order valence-electron chi connectivity index (χ1n) is 6.18. The molecular weight excluding hydrogens is 184 g/mol. The molecule has 0 aliphatic carbocycles. The Labute approximate surface area is 96.0 Å². The van der Waals surface area contributed by atoms with Crippen molar-refractivity contribution < 1.29 is 4.68 Å². The van der Waals surface area contributed by atoms with Crippen LogP contribution < -0.4 is 0 Å². The Morgan fingerprint density at radius 1 is 0.800 bits per heavy atom. The Kier molecular flexibility index (Phi) is 5.92. The molecule has 0 heterocycles. The lowest BCUT2D eigenvalue weighted by atomic mass is 10.2. The molecule has 0 aromatic carbocycles. The molecule has 0 bridgehead atoms. The van der Waals surface area contributed by atoms with Gasteiger partial charge in [-0.25, -0.2) is 0 Å². The van der Waals surface area contributed by atoms with Gasteiger partial charge in [0.05, 0.1) is 12.1 Å². The van der Waals surface area contributed by atoms with Crippen LogP contribution in [0.4, 0.5) is 0 Å². The van der Waals surface area contributed by atoms with Crippen LogP contribution in [-0.2, 0) is 0 Å². The molecule has 0 aliphatic rings. The molecule has 2 heteroatoms. The fourth-order valence-electron chi connectivity index (χ4n) is 1.95. The summed E-state index contributed by atoms with van der Waals surface area (Å²) in [6, 6.07) is 1.61. The lowest BCUT2D eigenvalue weighted by Crippen LogP contribution is -2.48. The fraction of sp³-hybridized carbons (Fsp3) is 0.923. The van der Waals surface area contributed by atoms with Gasteiger partial charge in [-0.05, 0) is 41.5 Å². The van der Waals surface area contributed by atoms with Gasteiger partial charge in [0.25, 0.3) is 0 Å². The first-order chi connectivity index (χ1) is 6.77. The third-order valence-corrected chi connectivity index (χ3v) is 2.30. The smallest absolute Gasteiger partial charge is 0.175 e. The third-order valence-electron chi connectivity index (χ3n) is 2.30. The Morgan fingerprint density at radius 3 is 1.40 bits per heavy atom. The minimum absolute atomic E-state index is 0.525. The Hall–Kier alpha value is -0.530. The molecule has 0 aromatic rings. The number of hydrogen-bond acceptors (Lipinski definition) is 1. The number of nitrogens with zero attached hydrogens (tertiary/aromatic N) is 2. The number of rotatable bonds is 5. The first kappa shape index (κ1) is 14.5. The van der Waals surface area contributed by atoms with Crippen molar-refractivity contribution in [1.82, 2.24) is 5.01 Å². The molecule has 0 spiro atoms. The van der Waals surface area contributed by atoms with Gasteiger partial charge in [-0.3, -0.25) is 0 Å². The summed E-state index contributed by atoms with van der Waals surface area (Å²) in [4.78, 5) is 0. The monoisotopic (exact) mass is 213 g/mol. The molecule has 0 aromatic heterocycles. The fourth-order valence-corrected chi connectivity index (χ4v) is 1.95. The van der Waals surface area contributed by atoms with Gasteiger partial charge in [-0.15, -0.1) is 4.68 Å². The van der Waals surface area contributed by atoms with Crippen molar-refractivity contribution in [3.63, 3.8) is 0 Å². The SMILES string of the molecule is CC(C)/C=[N+](/C(C)C)N(C(C)C)C(C)C. The van der Waals surface area contributed by atoms with Gasteiger partial charge in [0.15, 0.2) is 12.3 Å². The summed E-state index contributed by atoms with van der Waals surface area (Å²) in [6.07, 6.45) is 2.32. The summed E-state index contributed by atoms with van der Waals surface area (Å²) >= 11 is 0. The predicted molar refractivity (Wildman–Crippen MR) is 68.4 cm³/mol. The highest BCUT2D eigenvalue weighted by atomic mass is 15.6. The first-order valence-corrected chi connectivity index (χ1v) is 6.18. The van der Waals surface area contributed by atoms with Crippen molar-refractivity contribution in [3.8, 4) is 0 Å². The number of hydrazine groups is 1. The maximum atomic E-state index is 2.45. The van der Waals surface area contributed by atoms with Gasteiger partial charge >= 0.3 is 0 Å². The Balaban J connectivity index is 5.02. The second-order valence-electron chi connectivity index (χ2n) is 5.43. The Morgan fingerprint density at radius 2 is 1.20 bits per heavy atom. The highest BCUT2D eigenvalue weighted by molar-refractivity contribution is 5.53. The summed E-state index contributed by atoms with van der Waals surface area (Å²) < 4.78 is 2.39. The zero-order valence-electron chi connectivity index (χ0n) is 11.8. The lowest BCUT2D eigenvalue weighted by molar-refractivity contribution is -0.723. The molecule has 15 heavy (non-hydrogen) atoms. The van der Waals surface area contributed by atoms with E-state index in [-0.39, 0.29) is 0 Å². The van der Waals surface area contributed by atoms with Crippen LogP contribution in [0.5, 0.6) is 0 Å². The van der Waals surface area contributed by atoms with E-state index in [2.05, 4.69) is 71.3 Å². The van der Waals surface area contributed by atoms with Gasteiger partial charge in [0.2, 0.25) is 0 Å². The number of hydrogen-bond donors (Lipinski definition) is 0. The van der Waals surface area contributed by atoms with Gasteiger partial charge in [0, 0.05) is 5.92 Å². The molecule has 0 aliphatic heterocycles. The second kappa shape index (κ2) is 6.14. The van der Waals surface area contributed by atoms with E-state index in [0.29, 0.717) is 24.0 Å². The molecule has 0 radical (unpaired) electrons. The largest absolute Gasteiger partial charge is 0.181 e. The topological polar surface area (TPSA) is 6.25 Å². The maximum Gasteiger partial charge on any atom is 0.175 e. The van der Waals surface area contributed by atoms with E-state index in [1.807, 2.05) is 0 Å². The van der Waals surface area contributed by atoms with Crippen LogP contribution >= 0.6 is 0 Å². The zero-order chi connectivity index (χ0) is 12.2. The van der Waals surface area contributed by atoms with Crippen LogP contribution in [0.1, 0.15) is 55.4 Å². The molecule has 2 nitrogen and oxygen atoms in total. The summed E-state index contributed by atoms with van der Waals surface area (Å²) in [5.74, 6) is 0.590. The van der Waals surface area contributed by atoms with Gasteiger partial charge in [-0.2, -0.15) is 5.01 Å². The normalized spacial score (nSPS) is 13.5. The van der Waals surface area contributed by atoms with Crippen LogP contribution in [0.25, 0.3) is 0 Å². The molecule has 0 atom stereocenters. The molecule has 0 N–H and O–H groups in total. The van der Waals surface area contributed by atoms with E-state index in [4.69, 9.17) is 0 Å². The summed E-state index contributed by atoms with van der Waals surface area (Å²) in [6.45, 7) is 18.0. The third kappa shape index (κ3) is 4.67. The molecule has 90 valence electrons. The highest BCUT2D eigenvalue weighted by Crippen LogP contribution is 2.09. The second-order valence-corrected chi connectivity index (χ2v) is 5.43. The van der Waals surface area contributed by atoms with Crippen LogP contribution in [0.15, 0.2) is 0 Å². The van der Waals surface area contributed by atoms with E-state index in [1.54, 1.807) is 0 Å². The van der Waals surface area contributed by atoms with Crippen LogP contribution in [0, 0.1) is 5.92 Å². The van der Waals surface area contributed by atoms with Gasteiger partial charge in [-0.1, -0.05) is 13.8 Å². The van der Waals surface area contributed by atoms with E-state index in [0.717, 1.165) is 0 Å². The molecular formula is C13H29N2+. The van der Waals surface area contributed by atoms with Crippen LogP contribution in [0.2, 0.25) is 0 Å². The van der Waals surface area contributed by atoms with Crippen molar-refractivity contribution in [1.29, 1.82) is 0 Å². The standard InChI is InChI=1S/C13H29N2/c1-10(2)9-14(11(3)4)15(12(5)6)13(7)8/h9-13H,1-8H3/q+1/b14-9-. The summed E-state index contributed by atoms with van der Waals surface area (Å²) in [5, 5.41) is 2.45. The number of hydrazone groups is 1. The van der Waals surface area contributed by atoms with E-state index >= 15 is 0 Å². The quantitative estimate of drug-likeness (QED) is 0.386. The summed E-state index contributed by atoms with van der Waals surface area (Å²) in [5.41, 5.74) is 0. The molecule has 0 fully saturated rings. The van der Waals surface area contributed by atoms with Crippen molar-refractivity contribution in [3.05, 3.63) is 0 Å². The molecule has 0 amide bonds. The minimum Gasteiger partial charge on any atom is -0.181 e. The van der Waals surface area contributed by atoms with Crippen LogP contribution in [-0.4, -0.2) is 34.0 Å². The van der Waals surface area contributed by atoms with E-state index in [9.17, 15) is 0 Å². The average molecular weight is 213 g/mol. The van der Waals surface area contributed by atoms with Crippen molar-refractivity contribution >= 4 is 6.21 Å². The van der Waals surface area contributed by atoms with Gasteiger partial charge < -0.3 is 0 Å². The molecule has 0 saturated heterocycles. The summed E-state index contributed by atoms with van der Waals surface area (Å²) in [7, 11) is 0. The van der Waals surface area contributed by atoms with Gasteiger partial charge in [0.1, 0.15) is 0 Å². The minimum atomic E-state index is 0.525. The molecule has 0 unspecified atom stereocenters. The van der Waals surface area contributed by atoms with Crippen molar-refractivity contribution in [2.75, 3.05) is 0 Å². The lowest BCUT2D eigenvalue weighted by Gasteiger charge is -2.30. The van der Waals surface area contributed by atoms with Crippen molar-refractivity contribution in [2.24, 2.45) is 5.92 Å². The zero-order valence-corrected chi connectivity index (χ0v) is 11.8. The van der Waals surface area contributed by atoms with Crippen molar-refractivity contribution in [2.45, 2.75) is 73.5 Å². The van der Waals surface area contributed by atoms with Crippen LogP contribution in [0.3, 0.4) is 0 Å². The Bertz CT molecular complexity index is 195. The highest BCUT2D eigenvalue weighted by Gasteiger charge is 2.25. The average Bonchev–Trinajstić information content (AvgIpc) is 2.00. The van der Waals surface area contributed by atoms with E-state index < -0.39 is 0 Å². The maximum absolute atomic E-state index is 2.45. The molecule has 0 saturated carbocycles. The van der Waals surface area contributed by atoms with E-state index in [1.165, 1.54) is 0 Å². The molecule has 0 rings (SSSR count). The predicted octanol–water partition coefficient (Wildman–Crippen LogP) is 3.17.